The molecule has 9 aromatic carbocycles. The van der Waals surface area contributed by atoms with Crippen molar-refractivity contribution >= 4 is 66.5 Å². The van der Waals surface area contributed by atoms with E-state index in [4.69, 9.17) is 14.1 Å². The molecule has 12 aromatic rings. The highest BCUT2D eigenvalue weighted by Crippen LogP contribution is 2.52. The number of fused-ring (bicyclic) bond motifs is 8. The van der Waals surface area contributed by atoms with E-state index in [1.165, 1.54) is 39.1 Å². The topological polar surface area (TPSA) is 46.7 Å². The summed E-state index contributed by atoms with van der Waals surface area (Å²) >= 11 is 0. The fourth-order valence-electron chi connectivity index (χ4n) is 11.0. The molecule has 1 aliphatic rings. The molecule has 13 rings (SSSR count). The molecule has 4 heterocycles. The number of anilines is 4. The normalized spacial score (nSPS) is 12.9. The highest BCUT2D eigenvalue weighted by molar-refractivity contribution is 6.24. The minimum absolute atomic E-state index is 0.0785. The van der Waals surface area contributed by atoms with Gasteiger partial charge in [-0.25, -0.2) is 4.98 Å². The monoisotopic (exact) mass is 960 g/mol. The Kier molecular flexibility index (Phi) is 10.6. The summed E-state index contributed by atoms with van der Waals surface area (Å²) in [6.45, 7) is 14.2. The van der Waals surface area contributed by atoms with Gasteiger partial charge in [-0.2, -0.15) is 0 Å². The number of pyridine rings is 1. The number of furan rings is 1. The van der Waals surface area contributed by atoms with Gasteiger partial charge in [0.2, 0.25) is 0 Å². The standard InChI is InChI=1S/C68H56N4O2/c1-67(2,3)49-34-35-69-62(40-49)72-60-42-52(31-32-55(60)66-65(72)63-54-27-17-16-26-47(54)30-33-61(63)74-66)73-53-37-48(44-20-10-7-11-21-44)36-51(41-53)70-43-71(59-29-19-18-28-58(59)70)64-56(45-22-12-8-13-23-45)38-50(68(4,5)6)39-57(64)46-24-14-9-15-25-46/h7-42H,43H2,1-6H3. The smallest absolute Gasteiger partial charge is 0.161 e. The summed E-state index contributed by atoms with van der Waals surface area (Å²) in [5.74, 6) is 2.26. The van der Waals surface area contributed by atoms with Gasteiger partial charge in [-0.15, -0.1) is 0 Å². The van der Waals surface area contributed by atoms with Crippen molar-refractivity contribution in [1.82, 2.24) is 9.55 Å². The summed E-state index contributed by atoms with van der Waals surface area (Å²) in [7, 11) is 0. The first kappa shape index (κ1) is 45.0. The number of aromatic nitrogens is 2. The minimum atomic E-state index is -0.0845. The van der Waals surface area contributed by atoms with Gasteiger partial charge in [0.15, 0.2) is 5.58 Å². The summed E-state index contributed by atoms with van der Waals surface area (Å²) in [5.41, 5.74) is 17.3. The van der Waals surface area contributed by atoms with Gasteiger partial charge in [-0.1, -0.05) is 175 Å². The Balaban J connectivity index is 0.974. The van der Waals surface area contributed by atoms with E-state index >= 15 is 0 Å². The van der Waals surface area contributed by atoms with Crippen LogP contribution in [0.5, 0.6) is 11.5 Å². The lowest BCUT2D eigenvalue weighted by atomic mass is 9.82. The zero-order valence-electron chi connectivity index (χ0n) is 42.6. The van der Waals surface area contributed by atoms with Crippen molar-refractivity contribution in [2.45, 2.75) is 52.4 Å². The van der Waals surface area contributed by atoms with Gasteiger partial charge in [0.25, 0.3) is 0 Å². The number of hydrogen-bond acceptors (Lipinski definition) is 5. The van der Waals surface area contributed by atoms with E-state index < -0.39 is 0 Å². The van der Waals surface area contributed by atoms with Crippen LogP contribution in [0.1, 0.15) is 52.7 Å². The van der Waals surface area contributed by atoms with Gasteiger partial charge in [-0.3, -0.25) is 4.57 Å². The number of benzene rings is 9. The third-order valence-electron chi connectivity index (χ3n) is 14.8. The molecule has 0 unspecified atom stereocenters. The lowest BCUT2D eigenvalue weighted by Gasteiger charge is -2.30. The van der Waals surface area contributed by atoms with Gasteiger partial charge in [0.1, 0.15) is 35.1 Å². The maximum absolute atomic E-state index is 7.14. The summed E-state index contributed by atoms with van der Waals surface area (Å²) in [4.78, 5) is 10.00. The summed E-state index contributed by atoms with van der Waals surface area (Å²) < 4.78 is 16.2. The second-order valence-corrected chi connectivity index (χ2v) is 21.7. The quantitative estimate of drug-likeness (QED) is 0.152. The molecule has 0 atom stereocenters. The van der Waals surface area contributed by atoms with Crippen molar-refractivity contribution in [2.75, 3.05) is 16.5 Å². The van der Waals surface area contributed by atoms with Crippen molar-refractivity contribution in [3.8, 4) is 50.7 Å². The van der Waals surface area contributed by atoms with E-state index in [1.54, 1.807) is 0 Å². The van der Waals surface area contributed by atoms with E-state index in [9.17, 15) is 0 Å². The fraction of sp³-hybridized carbons (Fsp3) is 0.132. The van der Waals surface area contributed by atoms with Crippen molar-refractivity contribution in [3.63, 3.8) is 0 Å². The van der Waals surface area contributed by atoms with Crippen molar-refractivity contribution in [2.24, 2.45) is 0 Å². The Bertz CT molecular complexity index is 4040. The van der Waals surface area contributed by atoms with E-state index in [-0.39, 0.29) is 10.8 Å². The lowest BCUT2D eigenvalue weighted by Crippen LogP contribution is -2.25. The average Bonchev–Trinajstić information content (AvgIpc) is 4.10. The van der Waals surface area contributed by atoms with Crippen LogP contribution in [0.3, 0.4) is 0 Å². The first-order chi connectivity index (χ1) is 35.9. The van der Waals surface area contributed by atoms with Crippen LogP contribution in [0.15, 0.2) is 223 Å². The van der Waals surface area contributed by atoms with Crippen LogP contribution < -0.4 is 14.5 Å². The van der Waals surface area contributed by atoms with Crippen LogP contribution in [-0.2, 0) is 10.8 Å². The first-order valence-electron chi connectivity index (χ1n) is 25.6. The zero-order valence-corrected chi connectivity index (χ0v) is 42.6. The molecular formula is C68H56N4O2. The number of rotatable bonds is 8. The van der Waals surface area contributed by atoms with Gasteiger partial charge in [0, 0.05) is 40.5 Å². The van der Waals surface area contributed by atoms with Crippen LogP contribution in [0.2, 0.25) is 0 Å². The zero-order chi connectivity index (χ0) is 50.3. The summed E-state index contributed by atoms with van der Waals surface area (Å²) in [5, 5.41) is 4.35. The van der Waals surface area contributed by atoms with Gasteiger partial charge < -0.3 is 19.0 Å². The second-order valence-electron chi connectivity index (χ2n) is 21.7. The van der Waals surface area contributed by atoms with E-state index in [2.05, 4.69) is 268 Å². The van der Waals surface area contributed by atoms with Crippen molar-refractivity contribution < 1.29 is 9.15 Å². The second kappa shape index (κ2) is 17.4. The molecule has 0 fully saturated rings. The number of nitrogens with zero attached hydrogens (tertiary/aromatic N) is 4. The van der Waals surface area contributed by atoms with Gasteiger partial charge in [-0.05, 0) is 122 Å². The average molecular weight is 961 g/mol. The third-order valence-corrected chi connectivity index (χ3v) is 14.8. The molecule has 0 radical (unpaired) electrons. The molecule has 0 saturated heterocycles. The first-order valence-corrected chi connectivity index (χ1v) is 25.6. The molecule has 6 nitrogen and oxygen atoms in total. The Morgan fingerprint density at radius 3 is 1.78 bits per heavy atom. The molecule has 0 spiro atoms. The number of hydrogen-bond donors (Lipinski definition) is 0. The molecule has 0 saturated carbocycles. The largest absolute Gasteiger partial charge is 0.457 e. The molecule has 0 aliphatic carbocycles. The SMILES string of the molecule is CC(C)(C)c1ccnc(-n2c3cc(Oc4cc(-c5ccccc5)cc(N5CN(c6c(-c7ccccc7)cc(C(C)(C)C)cc6-c6ccccc6)c6ccccc65)c4)ccc3c3oc4ccc5ccccc5c4c32)c1. The maximum atomic E-state index is 7.14. The summed E-state index contributed by atoms with van der Waals surface area (Å²) in [6, 6.07) is 76.0. The fourth-order valence-corrected chi connectivity index (χ4v) is 11.0. The molecule has 1 aliphatic heterocycles. The Hall–Kier alpha value is -8.87. The van der Waals surface area contributed by atoms with Crippen molar-refractivity contribution in [3.05, 3.63) is 230 Å². The molecule has 0 N–H and O–H groups in total. The van der Waals surface area contributed by atoms with E-state index in [1.807, 2.05) is 6.20 Å². The molecule has 0 amide bonds. The molecular weight excluding hydrogens is 905 g/mol. The number of ether oxygens (including phenoxy) is 1. The Morgan fingerprint density at radius 2 is 1.11 bits per heavy atom. The summed E-state index contributed by atoms with van der Waals surface area (Å²) in [6.07, 6.45) is 1.93. The molecule has 0 bridgehead atoms. The predicted molar refractivity (Wildman–Crippen MR) is 308 cm³/mol. The third kappa shape index (κ3) is 7.77. The highest BCUT2D eigenvalue weighted by Gasteiger charge is 2.33. The van der Waals surface area contributed by atoms with E-state index in [0.29, 0.717) is 12.4 Å². The molecule has 3 aromatic heterocycles. The molecule has 6 heteroatoms. The van der Waals surface area contributed by atoms with Gasteiger partial charge >= 0.3 is 0 Å². The van der Waals surface area contributed by atoms with E-state index in [0.717, 1.165) is 83.5 Å². The number of para-hydroxylation sites is 2. The lowest BCUT2D eigenvalue weighted by molar-refractivity contribution is 0.483. The molecule has 360 valence electrons. The predicted octanol–water partition coefficient (Wildman–Crippen LogP) is 18.7. The highest BCUT2D eigenvalue weighted by atomic mass is 16.5. The Labute approximate surface area is 432 Å². The van der Waals surface area contributed by atoms with Crippen LogP contribution in [0.25, 0.3) is 82.9 Å². The Morgan fingerprint density at radius 1 is 0.486 bits per heavy atom. The van der Waals surface area contributed by atoms with Gasteiger partial charge in [0.05, 0.1) is 28.0 Å². The van der Waals surface area contributed by atoms with Crippen LogP contribution in [0.4, 0.5) is 22.7 Å². The molecule has 74 heavy (non-hydrogen) atoms. The van der Waals surface area contributed by atoms with Crippen LogP contribution in [-0.4, -0.2) is 16.2 Å². The van der Waals surface area contributed by atoms with Crippen molar-refractivity contribution in [1.29, 1.82) is 0 Å². The minimum Gasteiger partial charge on any atom is -0.457 e. The van der Waals surface area contributed by atoms with Crippen LogP contribution >= 0.6 is 0 Å². The maximum Gasteiger partial charge on any atom is 0.161 e. The van der Waals surface area contributed by atoms with Crippen LogP contribution in [0, 0.1) is 0 Å².